The van der Waals surface area contributed by atoms with E-state index < -0.39 is 0 Å². The van der Waals surface area contributed by atoms with Gasteiger partial charge in [0.15, 0.2) is 0 Å². The highest BCUT2D eigenvalue weighted by molar-refractivity contribution is 6.21. The summed E-state index contributed by atoms with van der Waals surface area (Å²) in [6.45, 7) is 0. The lowest BCUT2D eigenvalue weighted by atomic mass is 10.1. The van der Waals surface area contributed by atoms with Crippen molar-refractivity contribution < 1.29 is 9.52 Å². The molecule has 0 aliphatic heterocycles. The summed E-state index contributed by atoms with van der Waals surface area (Å²) in [5, 5.41) is 16.7. The van der Waals surface area contributed by atoms with Gasteiger partial charge in [0.1, 0.15) is 16.9 Å². The maximum atomic E-state index is 10.1. The van der Waals surface area contributed by atoms with Crippen molar-refractivity contribution >= 4 is 43.5 Å². The minimum Gasteiger partial charge on any atom is -0.507 e. The van der Waals surface area contributed by atoms with Gasteiger partial charge in [0.05, 0.1) is 5.39 Å². The minimum absolute atomic E-state index is 0.247. The molecule has 0 radical (unpaired) electrons. The quantitative estimate of drug-likeness (QED) is 0.376. The van der Waals surface area contributed by atoms with E-state index in [0.717, 1.165) is 21.7 Å². The van der Waals surface area contributed by atoms with Crippen LogP contribution in [0.5, 0.6) is 5.75 Å². The Balaban J connectivity index is 2.04. The van der Waals surface area contributed by atoms with Crippen LogP contribution in [0.25, 0.3) is 43.5 Å². The number of rotatable bonds is 0. The van der Waals surface area contributed by atoms with Crippen molar-refractivity contribution in [1.29, 1.82) is 0 Å². The van der Waals surface area contributed by atoms with Gasteiger partial charge in [0.2, 0.25) is 0 Å². The molecular weight excluding hydrogens is 272 g/mol. The zero-order chi connectivity index (χ0) is 14.7. The molecule has 0 atom stereocenters. The van der Waals surface area contributed by atoms with E-state index in [2.05, 4.69) is 36.4 Å². The maximum absolute atomic E-state index is 10.1. The number of hydrogen-bond acceptors (Lipinski definition) is 2. The third kappa shape index (κ3) is 1.44. The van der Waals surface area contributed by atoms with E-state index in [-0.39, 0.29) is 5.75 Å². The molecule has 0 aliphatic rings. The third-order valence-electron chi connectivity index (χ3n) is 4.35. The van der Waals surface area contributed by atoms with Crippen LogP contribution in [0, 0.1) is 0 Å². The van der Waals surface area contributed by atoms with Crippen molar-refractivity contribution in [1.82, 2.24) is 0 Å². The van der Waals surface area contributed by atoms with E-state index in [0.29, 0.717) is 5.58 Å². The lowest BCUT2D eigenvalue weighted by Gasteiger charge is -2.05. The standard InChI is InChI=1S/C20H12O2/c21-18-6-3-7-19-17(18)11-16-15-10-12-4-1-2-5-13(12)14(15)8-9-20(16)22-19/h1-11,21H. The third-order valence-corrected chi connectivity index (χ3v) is 4.35. The molecule has 0 fully saturated rings. The van der Waals surface area contributed by atoms with Crippen LogP contribution >= 0.6 is 0 Å². The highest BCUT2D eigenvalue weighted by Crippen LogP contribution is 2.37. The number of benzene rings is 3. The van der Waals surface area contributed by atoms with Crippen molar-refractivity contribution in [3.05, 3.63) is 66.7 Å². The molecule has 1 heterocycles. The summed E-state index contributed by atoms with van der Waals surface area (Å²) in [4.78, 5) is 0. The van der Waals surface area contributed by atoms with Crippen LogP contribution in [-0.2, 0) is 0 Å². The topological polar surface area (TPSA) is 33.4 Å². The first-order valence-corrected chi connectivity index (χ1v) is 7.27. The zero-order valence-corrected chi connectivity index (χ0v) is 11.7. The highest BCUT2D eigenvalue weighted by atomic mass is 16.3. The highest BCUT2D eigenvalue weighted by Gasteiger charge is 2.10. The average molecular weight is 284 g/mol. The Kier molecular flexibility index (Phi) is 2.12. The van der Waals surface area contributed by atoms with Crippen LogP contribution in [-0.4, -0.2) is 5.11 Å². The molecule has 0 aliphatic carbocycles. The number of aromatic hydroxyl groups is 1. The molecule has 5 rings (SSSR count). The lowest BCUT2D eigenvalue weighted by Crippen LogP contribution is -1.78. The predicted molar refractivity (Wildman–Crippen MR) is 90.4 cm³/mol. The zero-order valence-electron chi connectivity index (χ0n) is 11.7. The second kappa shape index (κ2) is 4.01. The van der Waals surface area contributed by atoms with Gasteiger partial charge in [-0.05, 0) is 51.9 Å². The van der Waals surface area contributed by atoms with Crippen LogP contribution in [0.4, 0.5) is 0 Å². The Labute approximate surface area is 126 Å². The first-order chi connectivity index (χ1) is 10.8. The largest absolute Gasteiger partial charge is 0.507 e. The second-order valence-corrected chi connectivity index (χ2v) is 5.61. The summed E-state index contributed by atoms with van der Waals surface area (Å²) >= 11 is 0. The van der Waals surface area contributed by atoms with Crippen LogP contribution < -0.4 is 0 Å². The molecule has 0 saturated heterocycles. The molecule has 0 unspecified atom stereocenters. The van der Waals surface area contributed by atoms with Crippen LogP contribution in [0.3, 0.4) is 0 Å². The fraction of sp³-hybridized carbons (Fsp3) is 0. The summed E-state index contributed by atoms with van der Waals surface area (Å²) in [5.74, 6) is 0.247. The van der Waals surface area contributed by atoms with Gasteiger partial charge in [-0.1, -0.05) is 36.4 Å². The molecule has 0 spiro atoms. The van der Waals surface area contributed by atoms with Crippen molar-refractivity contribution in [2.75, 3.05) is 0 Å². The normalized spacial score (nSPS) is 11.8. The lowest BCUT2D eigenvalue weighted by molar-refractivity contribution is 0.480. The average Bonchev–Trinajstić information content (AvgIpc) is 2.93. The van der Waals surface area contributed by atoms with Crippen LogP contribution in [0.2, 0.25) is 0 Å². The van der Waals surface area contributed by atoms with E-state index in [1.165, 1.54) is 16.2 Å². The Morgan fingerprint density at radius 2 is 1.45 bits per heavy atom. The van der Waals surface area contributed by atoms with Gasteiger partial charge in [0.25, 0.3) is 0 Å². The van der Waals surface area contributed by atoms with Crippen molar-refractivity contribution in [3.8, 4) is 5.75 Å². The summed E-state index contributed by atoms with van der Waals surface area (Å²) in [6.07, 6.45) is 0. The van der Waals surface area contributed by atoms with E-state index in [1.807, 2.05) is 18.2 Å². The number of hydrogen-bond donors (Lipinski definition) is 1. The molecule has 2 heteroatoms. The SMILES string of the molecule is Oc1cccc2oc3ccc4c5ccccc5cc4c3cc12. The van der Waals surface area contributed by atoms with Gasteiger partial charge >= 0.3 is 0 Å². The van der Waals surface area contributed by atoms with Crippen molar-refractivity contribution in [3.63, 3.8) is 0 Å². The molecule has 5 aromatic rings. The second-order valence-electron chi connectivity index (χ2n) is 5.61. The maximum Gasteiger partial charge on any atom is 0.138 e. The fourth-order valence-corrected chi connectivity index (χ4v) is 3.30. The van der Waals surface area contributed by atoms with Gasteiger partial charge in [-0.3, -0.25) is 0 Å². The molecule has 1 N–H and O–H groups in total. The van der Waals surface area contributed by atoms with Crippen LogP contribution in [0.1, 0.15) is 0 Å². The van der Waals surface area contributed by atoms with E-state index >= 15 is 0 Å². The smallest absolute Gasteiger partial charge is 0.138 e. The number of fused-ring (bicyclic) bond motifs is 6. The first kappa shape index (κ1) is 11.6. The molecule has 4 aromatic carbocycles. The summed E-state index contributed by atoms with van der Waals surface area (Å²) in [5.41, 5.74) is 1.53. The Morgan fingerprint density at radius 3 is 2.41 bits per heavy atom. The molecule has 1 aromatic heterocycles. The Hall–Kier alpha value is -3.00. The van der Waals surface area contributed by atoms with Gasteiger partial charge in [0, 0.05) is 5.39 Å². The molecule has 104 valence electrons. The minimum atomic E-state index is 0.247. The first-order valence-electron chi connectivity index (χ1n) is 7.27. The molecule has 0 bridgehead atoms. The fourth-order valence-electron chi connectivity index (χ4n) is 3.30. The van der Waals surface area contributed by atoms with Crippen LogP contribution in [0.15, 0.2) is 71.1 Å². The molecule has 2 nitrogen and oxygen atoms in total. The predicted octanol–water partition coefficient (Wildman–Crippen LogP) is 5.60. The summed E-state index contributed by atoms with van der Waals surface area (Å²) in [7, 11) is 0. The van der Waals surface area contributed by atoms with Gasteiger partial charge in [-0.25, -0.2) is 0 Å². The number of phenolic OH excluding ortho intramolecular Hbond substituents is 1. The molecule has 22 heavy (non-hydrogen) atoms. The summed E-state index contributed by atoms with van der Waals surface area (Å²) < 4.78 is 5.97. The van der Waals surface area contributed by atoms with E-state index in [1.54, 1.807) is 12.1 Å². The van der Waals surface area contributed by atoms with Gasteiger partial charge in [-0.15, -0.1) is 0 Å². The van der Waals surface area contributed by atoms with Gasteiger partial charge < -0.3 is 9.52 Å². The van der Waals surface area contributed by atoms with E-state index in [4.69, 9.17) is 4.42 Å². The van der Waals surface area contributed by atoms with Crippen molar-refractivity contribution in [2.24, 2.45) is 0 Å². The summed E-state index contributed by atoms with van der Waals surface area (Å²) in [6, 6.07) is 22.0. The molecule has 0 saturated carbocycles. The Morgan fingerprint density at radius 1 is 0.591 bits per heavy atom. The Bertz CT molecular complexity index is 1180. The molecular formula is C20H12O2. The monoisotopic (exact) mass is 284 g/mol. The number of phenols is 1. The molecule has 0 amide bonds. The van der Waals surface area contributed by atoms with Gasteiger partial charge in [-0.2, -0.15) is 0 Å². The van der Waals surface area contributed by atoms with Crippen molar-refractivity contribution in [2.45, 2.75) is 0 Å². The van der Waals surface area contributed by atoms with E-state index in [9.17, 15) is 5.11 Å².